The Morgan fingerprint density at radius 1 is 1.23 bits per heavy atom. The zero-order chi connectivity index (χ0) is 18.7. The van der Waals surface area contributed by atoms with E-state index in [0.29, 0.717) is 35.9 Å². The van der Waals surface area contributed by atoms with Crippen molar-refractivity contribution in [3.8, 4) is 0 Å². The second kappa shape index (κ2) is 7.55. The molecule has 2 amide bonds. The molecule has 138 valence electrons. The molecule has 6 nitrogen and oxygen atoms in total. The number of hydrogen-bond acceptors (Lipinski definition) is 3. The van der Waals surface area contributed by atoms with Crippen LogP contribution in [0.4, 0.5) is 16.2 Å². The van der Waals surface area contributed by atoms with Gasteiger partial charge in [0.25, 0.3) is 0 Å². The summed E-state index contributed by atoms with van der Waals surface area (Å²) in [6, 6.07) is 12.1. The summed E-state index contributed by atoms with van der Waals surface area (Å²) in [5.41, 5.74) is 2.96. The van der Waals surface area contributed by atoms with Gasteiger partial charge in [0, 0.05) is 23.8 Å². The van der Waals surface area contributed by atoms with Crippen LogP contribution in [0.1, 0.15) is 17.5 Å². The number of urea groups is 1. The van der Waals surface area contributed by atoms with Crippen molar-refractivity contribution in [3.05, 3.63) is 58.6 Å². The predicted octanol–water partition coefficient (Wildman–Crippen LogP) is 3.51. The van der Waals surface area contributed by atoms with Crippen molar-refractivity contribution in [3.63, 3.8) is 0 Å². The van der Waals surface area contributed by atoms with Crippen molar-refractivity contribution in [2.75, 3.05) is 21.9 Å². The lowest BCUT2D eigenvalue weighted by Gasteiger charge is -2.20. The van der Waals surface area contributed by atoms with Gasteiger partial charge in [-0.3, -0.25) is 4.31 Å². The molecule has 0 aromatic heterocycles. The summed E-state index contributed by atoms with van der Waals surface area (Å²) in [4.78, 5) is 12.1. The summed E-state index contributed by atoms with van der Waals surface area (Å²) in [5.74, 6) is 0.179. The second-order valence-electron chi connectivity index (χ2n) is 6.18. The van der Waals surface area contributed by atoms with Crippen LogP contribution in [0.3, 0.4) is 0 Å². The summed E-state index contributed by atoms with van der Waals surface area (Å²) in [6.07, 6.45) is 0.633. The minimum atomic E-state index is -3.22. The summed E-state index contributed by atoms with van der Waals surface area (Å²) >= 11 is 5.92. The van der Waals surface area contributed by atoms with Crippen LogP contribution in [0.25, 0.3) is 0 Å². The fraction of sp³-hybridized carbons (Fsp3) is 0.278. The maximum absolute atomic E-state index is 12.1. The van der Waals surface area contributed by atoms with Crippen LogP contribution >= 0.6 is 11.6 Å². The quantitative estimate of drug-likeness (QED) is 0.834. The third-order valence-corrected chi connectivity index (χ3v) is 6.26. The van der Waals surface area contributed by atoms with Crippen LogP contribution in [0, 0.1) is 6.92 Å². The number of halogens is 1. The Bertz CT molecular complexity index is 931. The first-order valence-electron chi connectivity index (χ1n) is 8.25. The van der Waals surface area contributed by atoms with Gasteiger partial charge in [-0.15, -0.1) is 0 Å². The van der Waals surface area contributed by atoms with E-state index in [1.165, 1.54) is 4.31 Å². The SMILES string of the molecule is Cc1cc(NC(=O)NCc2cccc(Cl)c2)ccc1N1CCCS1(=O)=O. The molecule has 8 heteroatoms. The Hall–Kier alpha value is -2.25. The van der Waals surface area contributed by atoms with Gasteiger partial charge in [-0.25, -0.2) is 13.2 Å². The molecule has 1 aliphatic rings. The number of aryl methyl sites for hydroxylation is 1. The first-order chi connectivity index (χ1) is 12.3. The third kappa shape index (κ3) is 4.28. The van der Waals surface area contributed by atoms with Crippen LogP contribution in [0.15, 0.2) is 42.5 Å². The average Bonchev–Trinajstić information content (AvgIpc) is 2.92. The zero-order valence-electron chi connectivity index (χ0n) is 14.3. The highest BCUT2D eigenvalue weighted by Crippen LogP contribution is 2.29. The molecule has 0 spiro atoms. The van der Waals surface area contributed by atoms with E-state index in [-0.39, 0.29) is 11.8 Å². The fourth-order valence-electron chi connectivity index (χ4n) is 2.93. The van der Waals surface area contributed by atoms with E-state index in [1.807, 2.05) is 19.1 Å². The number of carbonyl (C=O) groups is 1. The number of sulfonamides is 1. The smallest absolute Gasteiger partial charge is 0.319 e. The topological polar surface area (TPSA) is 78.5 Å². The van der Waals surface area contributed by atoms with Crippen molar-refractivity contribution in [2.45, 2.75) is 19.9 Å². The Morgan fingerprint density at radius 2 is 2.04 bits per heavy atom. The Kier molecular flexibility index (Phi) is 5.38. The molecule has 1 heterocycles. The summed E-state index contributed by atoms with van der Waals surface area (Å²) < 4.78 is 25.6. The van der Waals surface area contributed by atoms with Gasteiger partial charge in [0.15, 0.2) is 0 Å². The van der Waals surface area contributed by atoms with E-state index >= 15 is 0 Å². The van der Waals surface area contributed by atoms with E-state index in [4.69, 9.17) is 11.6 Å². The minimum absolute atomic E-state index is 0.179. The monoisotopic (exact) mass is 393 g/mol. The van der Waals surface area contributed by atoms with Crippen LogP contribution in [0.2, 0.25) is 5.02 Å². The van der Waals surface area contributed by atoms with E-state index in [1.54, 1.807) is 30.3 Å². The molecular formula is C18H20ClN3O3S. The number of carbonyl (C=O) groups excluding carboxylic acids is 1. The average molecular weight is 394 g/mol. The molecule has 1 saturated heterocycles. The number of benzene rings is 2. The van der Waals surface area contributed by atoms with E-state index in [2.05, 4.69) is 10.6 Å². The standard InChI is InChI=1S/C18H20ClN3O3S/c1-13-10-16(6-7-17(13)22-8-3-9-26(22,24)25)21-18(23)20-12-14-4-2-5-15(19)11-14/h2,4-7,10-11H,3,8-9,12H2,1H3,(H2,20,21,23). The maximum Gasteiger partial charge on any atom is 0.319 e. The lowest BCUT2D eigenvalue weighted by molar-refractivity contribution is 0.251. The lowest BCUT2D eigenvalue weighted by atomic mass is 10.1. The predicted molar refractivity (Wildman–Crippen MR) is 104 cm³/mol. The van der Waals surface area contributed by atoms with Gasteiger partial charge in [-0.1, -0.05) is 23.7 Å². The molecule has 0 saturated carbocycles. The van der Waals surface area contributed by atoms with Crippen LogP contribution in [-0.4, -0.2) is 26.7 Å². The van der Waals surface area contributed by atoms with Gasteiger partial charge in [-0.05, 0) is 54.8 Å². The molecule has 3 rings (SSSR count). The van der Waals surface area contributed by atoms with Gasteiger partial charge in [0.05, 0.1) is 11.4 Å². The highest BCUT2D eigenvalue weighted by Gasteiger charge is 2.29. The van der Waals surface area contributed by atoms with Crippen LogP contribution < -0.4 is 14.9 Å². The van der Waals surface area contributed by atoms with E-state index < -0.39 is 10.0 Å². The van der Waals surface area contributed by atoms with Crippen molar-refractivity contribution >= 4 is 39.0 Å². The minimum Gasteiger partial charge on any atom is -0.334 e. The third-order valence-electron chi connectivity index (χ3n) is 4.16. The molecule has 1 fully saturated rings. The highest BCUT2D eigenvalue weighted by molar-refractivity contribution is 7.93. The number of hydrogen-bond donors (Lipinski definition) is 2. The molecule has 1 aliphatic heterocycles. The Morgan fingerprint density at radius 3 is 2.69 bits per heavy atom. The molecule has 2 N–H and O–H groups in total. The molecule has 0 atom stereocenters. The molecule has 26 heavy (non-hydrogen) atoms. The zero-order valence-corrected chi connectivity index (χ0v) is 15.9. The molecule has 2 aromatic rings. The van der Waals surface area contributed by atoms with Gasteiger partial charge >= 0.3 is 6.03 Å². The summed E-state index contributed by atoms with van der Waals surface area (Å²) in [6.45, 7) is 2.68. The number of rotatable bonds is 4. The first kappa shape index (κ1) is 18.5. The normalized spacial score (nSPS) is 15.7. The van der Waals surface area contributed by atoms with E-state index in [0.717, 1.165) is 11.1 Å². The highest BCUT2D eigenvalue weighted by atomic mass is 35.5. The van der Waals surface area contributed by atoms with Gasteiger partial charge in [0.2, 0.25) is 10.0 Å². The number of anilines is 2. The molecule has 2 aromatic carbocycles. The number of amides is 2. The summed E-state index contributed by atoms with van der Waals surface area (Å²) in [5, 5.41) is 6.14. The second-order valence-corrected chi connectivity index (χ2v) is 8.63. The molecule has 0 radical (unpaired) electrons. The molecular weight excluding hydrogens is 374 g/mol. The van der Waals surface area contributed by atoms with Crippen molar-refractivity contribution in [1.29, 1.82) is 0 Å². The Labute approximate surface area is 158 Å². The van der Waals surface area contributed by atoms with E-state index in [9.17, 15) is 13.2 Å². The molecule has 0 aliphatic carbocycles. The Balaban J connectivity index is 1.63. The lowest BCUT2D eigenvalue weighted by Crippen LogP contribution is -2.28. The van der Waals surface area contributed by atoms with Crippen molar-refractivity contribution in [2.24, 2.45) is 0 Å². The summed E-state index contributed by atoms with van der Waals surface area (Å²) in [7, 11) is -3.22. The van der Waals surface area contributed by atoms with Crippen LogP contribution in [-0.2, 0) is 16.6 Å². The van der Waals surface area contributed by atoms with Crippen molar-refractivity contribution < 1.29 is 13.2 Å². The number of nitrogens with zero attached hydrogens (tertiary/aromatic N) is 1. The van der Waals surface area contributed by atoms with Crippen LogP contribution in [0.5, 0.6) is 0 Å². The number of nitrogens with one attached hydrogen (secondary N) is 2. The largest absolute Gasteiger partial charge is 0.334 e. The first-order valence-corrected chi connectivity index (χ1v) is 10.2. The van der Waals surface area contributed by atoms with Gasteiger partial charge in [-0.2, -0.15) is 0 Å². The van der Waals surface area contributed by atoms with Gasteiger partial charge in [0.1, 0.15) is 0 Å². The van der Waals surface area contributed by atoms with Gasteiger partial charge < -0.3 is 10.6 Å². The molecule has 0 unspecified atom stereocenters. The molecule has 0 bridgehead atoms. The van der Waals surface area contributed by atoms with Crippen molar-refractivity contribution in [1.82, 2.24) is 5.32 Å². The fourth-order valence-corrected chi connectivity index (χ4v) is 4.77. The maximum atomic E-state index is 12.1.